The van der Waals surface area contributed by atoms with Gasteiger partial charge in [-0.3, -0.25) is 9.59 Å². The molecule has 0 unspecified atom stereocenters. The summed E-state index contributed by atoms with van der Waals surface area (Å²) in [5, 5.41) is 2.65. The highest BCUT2D eigenvalue weighted by atomic mass is 16.5. The first-order chi connectivity index (χ1) is 8.67. The molecular weight excluding hydrogens is 232 g/mol. The van der Waals surface area contributed by atoms with Crippen LogP contribution >= 0.6 is 0 Å². The molecular formula is C13H18N2O3. The van der Waals surface area contributed by atoms with Crippen LogP contribution in [0, 0.1) is 0 Å². The average molecular weight is 250 g/mol. The summed E-state index contributed by atoms with van der Waals surface area (Å²) in [5.41, 5.74) is 7.11. The first kappa shape index (κ1) is 14.2. The van der Waals surface area contributed by atoms with Gasteiger partial charge in [0.05, 0.1) is 13.5 Å². The van der Waals surface area contributed by atoms with Crippen LogP contribution in [0.15, 0.2) is 24.3 Å². The van der Waals surface area contributed by atoms with E-state index in [-0.39, 0.29) is 24.8 Å². The molecule has 5 nitrogen and oxygen atoms in total. The molecule has 0 radical (unpaired) electrons. The molecule has 1 amide bonds. The summed E-state index contributed by atoms with van der Waals surface area (Å²) in [6, 6.07) is 7.25. The Morgan fingerprint density at radius 3 is 2.50 bits per heavy atom. The lowest BCUT2D eigenvalue weighted by Crippen LogP contribution is -2.26. The lowest BCUT2D eigenvalue weighted by molar-refractivity contribution is -0.140. The molecule has 18 heavy (non-hydrogen) atoms. The van der Waals surface area contributed by atoms with Crippen LogP contribution in [0.5, 0.6) is 0 Å². The van der Waals surface area contributed by atoms with Crippen molar-refractivity contribution in [1.82, 2.24) is 5.32 Å². The van der Waals surface area contributed by atoms with Gasteiger partial charge in [-0.15, -0.1) is 0 Å². The minimum absolute atomic E-state index is 0.174. The van der Waals surface area contributed by atoms with E-state index in [4.69, 9.17) is 5.73 Å². The molecule has 0 heterocycles. The van der Waals surface area contributed by atoms with Gasteiger partial charge in [0.1, 0.15) is 0 Å². The zero-order valence-electron chi connectivity index (χ0n) is 10.4. The van der Waals surface area contributed by atoms with Crippen LogP contribution in [0.3, 0.4) is 0 Å². The number of carbonyl (C=O) groups excluding carboxylic acids is 2. The molecule has 3 N–H and O–H groups in total. The smallest absolute Gasteiger partial charge is 0.307 e. The van der Waals surface area contributed by atoms with Crippen molar-refractivity contribution in [3.8, 4) is 0 Å². The van der Waals surface area contributed by atoms with Gasteiger partial charge in [-0.2, -0.15) is 0 Å². The Labute approximate surface area is 106 Å². The van der Waals surface area contributed by atoms with Crippen molar-refractivity contribution < 1.29 is 14.3 Å². The van der Waals surface area contributed by atoms with E-state index in [9.17, 15) is 9.59 Å². The van der Waals surface area contributed by atoms with Crippen molar-refractivity contribution in [2.24, 2.45) is 5.73 Å². The predicted molar refractivity (Wildman–Crippen MR) is 68.2 cm³/mol. The van der Waals surface area contributed by atoms with Gasteiger partial charge in [0.25, 0.3) is 5.91 Å². The standard InChI is InChI=1S/C13H18N2O3/c1-18-12(16)7-9-15-13(17)11-4-2-10(3-5-11)6-8-14/h2-5H,6-9,14H2,1H3,(H,15,17). The van der Waals surface area contributed by atoms with Crippen molar-refractivity contribution in [2.75, 3.05) is 20.2 Å². The van der Waals surface area contributed by atoms with Crippen LogP contribution in [0.1, 0.15) is 22.3 Å². The maximum Gasteiger partial charge on any atom is 0.307 e. The van der Waals surface area contributed by atoms with Gasteiger partial charge in [0.15, 0.2) is 0 Å². The molecule has 98 valence electrons. The number of carbonyl (C=O) groups is 2. The lowest BCUT2D eigenvalue weighted by atomic mass is 10.1. The van der Waals surface area contributed by atoms with Crippen LogP contribution in [-0.2, 0) is 16.0 Å². The predicted octanol–water partition coefficient (Wildman–Crippen LogP) is 0.481. The van der Waals surface area contributed by atoms with Gasteiger partial charge in [-0.05, 0) is 30.7 Å². The lowest BCUT2D eigenvalue weighted by Gasteiger charge is -2.05. The molecule has 0 aliphatic rings. The maximum atomic E-state index is 11.7. The van der Waals surface area contributed by atoms with Gasteiger partial charge in [-0.1, -0.05) is 12.1 Å². The molecule has 0 saturated heterocycles. The highest BCUT2D eigenvalue weighted by molar-refractivity contribution is 5.94. The third-order valence-corrected chi connectivity index (χ3v) is 2.49. The summed E-state index contributed by atoms with van der Waals surface area (Å²) in [7, 11) is 1.32. The number of rotatable bonds is 6. The van der Waals surface area contributed by atoms with E-state index in [1.807, 2.05) is 12.1 Å². The average Bonchev–Trinajstić information content (AvgIpc) is 2.39. The second kappa shape index (κ2) is 7.45. The number of methoxy groups -OCH3 is 1. The highest BCUT2D eigenvalue weighted by Gasteiger charge is 2.06. The molecule has 1 rings (SSSR count). The zero-order chi connectivity index (χ0) is 13.4. The van der Waals surface area contributed by atoms with Gasteiger partial charge in [-0.25, -0.2) is 0 Å². The van der Waals surface area contributed by atoms with E-state index in [0.29, 0.717) is 12.1 Å². The SMILES string of the molecule is COC(=O)CCNC(=O)c1ccc(CCN)cc1. The fourth-order valence-corrected chi connectivity index (χ4v) is 1.47. The third kappa shape index (κ3) is 4.55. The number of nitrogens with two attached hydrogens (primary N) is 1. The van der Waals surface area contributed by atoms with Crippen LogP contribution in [0.2, 0.25) is 0 Å². The molecule has 0 atom stereocenters. The Hall–Kier alpha value is -1.88. The molecule has 5 heteroatoms. The second-order valence-electron chi connectivity index (χ2n) is 3.82. The number of esters is 1. The third-order valence-electron chi connectivity index (χ3n) is 2.49. The topological polar surface area (TPSA) is 81.4 Å². The summed E-state index contributed by atoms with van der Waals surface area (Å²) < 4.78 is 4.48. The maximum absolute atomic E-state index is 11.7. The van der Waals surface area contributed by atoms with Gasteiger partial charge in [0.2, 0.25) is 0 Å². The number of ether oxygens (including phenoxy) is 1. The summed E-state index contributed by atoms with van der Waals surface area (Å²) in [5.74, 6) is -0.535. The van der Waals surface area contributed by atoms with Crippen LogP contribution in [-0.4, -0.2) is 32.1 Å². The minimum Gasteiger partial charge on any atom is -0.469 e. The summed E-state index contributed by atoms with van der Waals surface area (Å²) >= 11 is 0. The van der Waals surface area contributed by atoms with E-state index in [2.05, 4.69) is 10.1 Å². The molecule has 1 aromatic rings. The number of amides is 1. The quantitative estimate of drug-likeness (QED) is 0.719. The number of hydrogen-bond donors (Lipinski definition) is 2. The van der Waals surface area contributed by atoms with Gasteiger partial charge in [0, 0.05) is 12.1 Å². The van der Waals surface area contributed by atoms with Crippen LogP contribution < -0.4 is 11.1 Å². The van der Waals surface area contributed by atoms with Crippen LogP contribution in [0.25, 0.3) is 0 Å². The molecule has 1 aromatic carbocycles. The zero-order valence-corrected chi connectivity index (χ0v) is 10.4. The highest BCUT2D eigenvalue weighted by Crippen LogP contribution is 2.04. The summed E-state index contributed by atoms with van der Waals surface area (Å²) in [6.45, 7) is 0.862. The number of hydrogen-bond acceptors (Lipinski definition) is 4. The Balaban J connectivity index is 2.44. The van der Waals surface area contributed by atoms with E-state index >= 15 is 0 Å². The van der Waals surface area contributed by atoms with Gasteiger partial charge >= 0.3 is 5.97 Å². The Kier molecular flexibility index (Phi) is 5.87. The van der Waals surface area contributed by atoms with E-state index < -0.39 is 0 Å². The summed E-state index contributed by atoms with van der Waals surface area (Å²) in [4.78, 5) is 22.6. The molecule has 0 aliphatic heterocycles. The van der Waals surface area contributed by atoms with Gasteiger partial charge < -0.3 is 15.8 Å². The van der Waals surface area contributed by atoms with Crippen molar-refractivity contribution in [1.29, 1.82) is 0 Å². The molecule has 0 fully saturated rings. The van der Waals surface area contributed by atoms with Crippen LogP contribution in [0.4, 0.5) is 0 Å². The second-order valence-corrected chi connectivity index (χ2v) is 3.82. The van der Waals surface area contributed by atoms with E-state index in [1.165, 1.54) is 7.11 Å². The van der Waals surface area contributed by atoms with E-state index in [0.717, 1.165) is 12.0 Å². The summed E-state index contributed by atoms with van der Waals surface area (Å²) in [6.07, 6.45) is 0.970. The molecule has 0 spiro atoms. The fraction of sp³-hybridized carbons (Fsp3) is 0.385. The van der Waals surface area contributed by atoms with E-state index in [1.54, 1.807) is 12.1 Å². The Morgan fingerprint density at radius 1 is 1.28 bits per heavy atom. The van der Waals surface area contributed by atoms with Crippen molar-refractivity contribution >= 4 is 11.9 Å². The Morgan fingerprint density at radius 2 is 1.94 bits per heavy atom. The molecule has 0 aliphatic carbocycles. The first-order valence-corrected chi connectivity index (χ1v) is 5.81. The molecule has 0 aromatic heterocycles. The first-order valence-electron chi connectivity index (χ1n) is 5.81. The van der Waals surface area contributed by atoms with Crippen molar-refractivity contribution in [3.63, 3.8) is 0 Å². The van der Waals surface area contributed by atoms with Crippen molar-refractivity contribution in [2.45, 2.75) is 12.8 Å². The Bertz CT molecular complexity index is 401. The molecule has 0 saturated carbocycles. The fourth-order valence-electron chi connectivity index (χ4n) is 1.47. The monoisotopic (exact) mass is 250 g/mol. The molecule has 0 bridgehead atoms. The number of nitrogens with one attached hydrogen (secondary N) is 1. The van der Waals surface area contributed by atoms with Crippen molar-refractivity contribution in [3.05, 3.63) is 35.4 Å². The largest absolute Gasteiger partial charge is 0.469 e. The normalized spacial score (nSPS) is 9.89. The minimum atomic E-state index is -0.339. The number of benzene rings is 1.